The Bertz CT molecular complexity index is 556. The zero-order valence-electron chi connectivity index (χ0n) is 10.4. The molecule has 0 aromatic heterocycles. The quantitative estimate of drug-likeness (QED) is 0.766. The first-order valence-corrected chi connectivity index (χ1v) is 6.53. The van der Waals surface area contributed by atoms with E-state index in [2.05, 4.69) is 5.10 Å². The summed E-state index contributed by atoms with van der Waals surface area (Å²) in [6, 6.07) is 3.18. The molecule has 0 spiro atoms. The van der Waals surface area contributed by atoms with Crippen LogP contribution < -0.4 is 5.01 Å². The van der Waals surface area contributed by atoms with Gasteiger partial charge in [0.15, 0.2) is 5.82 Å². The number of amides is 1. The van der Waals surface area contributed by atoms with Crippen LogP contribution in [0.4, 0.5) is 14.5 Å². The lowest BCUT2D eigenvalue weighted by Gasteiger charge is -2.14. The number of rotatable bonds is 1. The molecule has 0 bridgehead atoms. The topological polar surface area (TPSA) is 32.7 Å². The van der Waals surface area contributed by atoms with E-state index >= 15 is 0 Å². The lowest BCUT2D eigenvalue weighted by Crippen LogP contribution is -2.27. The fourth-order valence-corrected chi connectivity index (χ4v) is 2.71. The highest BCUT2D eigenvalue weighted by atomic mass is 19.1. The van der Waals surface area contributed by atoms with E-state index in [0.29, 0.717) is 0 Å². The molecule has 1 atom stereocenters. The molecule has 100 valence electrons. The standard InChI is InChI=1S/C14H14F2N2O/c15-9-6-7-13(11(16)8-9)18-14(19)10-4-2-1-3-5-12(10)17-18/h6-8,10H,1-5H2. The normalized spacial score (nSPS) is 23.1. The van der Waals surface area contributed by atoms with E-state index in [0.717, 1.165) is 55.0 Å². The van der Waals surface area contributed by atoms with Crippen molar-refractivity contribution in [2.45, 2.75) is 32.1 Å². The van der Waals surface area contributed by atoms with E-state index in [1.165, 1.54) is 6.07 Å². The van der Waals surface area contributed by atoms with Gasteiger partial charge in [0.1, 0.15) is 11.5 Å². The summed E-state index contributed by atoms with van der Waals surface area (Å²) in [5.41, 5.74) is 0.873. The third-order valence-electron chi connectivity index (χ3n) is 3.70. The molecule has 3 nitrogen and oxygen atoms in total. The molecule has 1 aliphatic heterocycles. The monoisotopic (exact) mass is 264 g/mol. The summed E-state index contributed by atoms with van der Waals surface area (Å²) in [6.07, 6.45) is 4.68. The van der Waals surface area contributed by atoms with Crippen LogP contribution in [0.1, 0.15) is 32.1 Å². The van der Waals surface area contributed by atoms with Crippen LogP contribution in [0, 0.1) is 17.6 Å². The zero-order chi connectivity index (χ0) is 13.4. The number of carbonyl (C=O) groups excluding carboxylic acids is 1. The second-order valence-corrected chi connectivity index (χ2v) is 4.99. The van der Waals surface area contributed by atoms with Crippen molar-refractivity contribution in [3.8, 4) is 0 Å². The summed E-state index contributed by atoms with van der Waals surface area (Å²) in [5.74, 6) is -1.82. The van der Waals surface area contributed by atoms with Crippen LogP contribution in [0.2, 0.25) is 0 Å². The van der Waals surface area contributed by atoms with Gasteiger partial charge in [-0.2, -0.15) is 10.1 Å². The number of anilines is 1. The number of hydrogen-bond acceptors (Lipinski definition) is 2. The predicted octanol–water partition coefficient (Wildman–Crippen LogP) is 3.25. The molecular weight excluding hydrogens is 250 g/mol. The van der Waals surface area contributed by atoms with Crippen LogP contribution >= 0.6 is 0 Å². The molecule has 1 heterocycles. The molecule has 0 saturated heterocycles. The fourth-order valence-electron chi connectivity index (χ4n) is 2.71. The van der Waals surface area contributed by atoms with E-state index in [1.807, 2.05) is 0 Å². The molecule has 2 aliphatic rings. The Morgan fingerprint density at radius 2 is 2.05 bits per heavy atom. The number of halogens is 2. The summed E-state index contributed by atoms with van der Waals surface area (Å²) < 4.78 is 26.6. The van der Waals surface area contributed by atoms with Gasteiger partial charge in [0, 0.05) is 6.07 Å². The average molecular weight is 264 g/mol. The first-order chi connectivity index (χ1) is 9.16. The lowest BCUT2D eigenvalue weighted by atomic mass is 9.98. The maximum absolute atomic E-state index is 13.7. The van der Waals surface area contributed by atoms with Gasteiger partial charge in [0.2, 0.25) is 0 Å². The van der Waals surface area contributed by atoms with Crippen molar-refractivity contribution in [2.24, 2.45) is 11.0 Å². The van der Waals surface area contributed by atoms with Crippen molar-refractivity contribution in [3.63, 3.8) is 0 Å². The van der Waals surface area contributed by atoms with Crippen LogP contribution in [0.3, 0.4) is 0 Å². The van der Waals surface area contributed by atoms with Gasteiger partial charge in [-0.25, -0.2) is 8.78 Å². The second kappa shape index (κ2) is 4.72. The molecule has 1 fully saturated rings. The van der Waals surface area contributed by atoms with Gasteiger partial charge in [-0.3, -0.25) is 4.79 Å². The molecule has 5 heteroatoms. The molecule has 0 N–H and O–H groups in total. The fraction of sp³-hybridized carbons (Fsp3) is 0.429. The van der Waals surface area contributed by atoms with Gasteiger partial charge in [-0.05, 0) is 31.4 Å². The summed E-state index contributed by atoms with van der Waals surface area (Å²) >= 11 is 0. The van der Waals surface area contributed by atoms with E-state index in [-0.39, 0.29) is 17.5 Å². The maximum atomic E-state index is 13.7. The summed E-state index contributed by atoms with van der Waals surface area (Å²) in [7, 11) is 0. The molecule has 1 amide bonds. The molecule has 1 unspecified atom stereocenters. The minimum Gasteiger partial charge on any atom is -0.272 e. The van der Waals surface area contributed by atoms with Crippen LogP contribution in [0.25, 0.3) is 0 Å². The third-order valence-corrected chi connectivity index (χ3v) is 3.70. The molecule has 1 aromatic rings. The van der Waals surface area contributed by atoms with Crippen LogP contribution in [0.5, 0.6) is 0 Å². The number of hydrogen-bond donors (Lipinski definition) is 0. The van der Waals surface area contributed by atoms with Crippen LogP contribution in [-0.2, 0) is 4.79 Å². The first-order valence-electron chi connectivity index (χ1n) is 6.53. The first kappa shape index (κ1) is 12.3. The summed E-state index contributed by atoms with van der Waals surface area (Å²) in [4.78, 5) is 12.3. The van der Waals surface area contributed by atoms with Crippen molar-refractivity contribution < 1.29 is 13.6 Å². The van der Waals surface area contributed by atoms with Gasteiger partial charge in [0.25, 0.3) is 5.91 Å². The molecular formula is C14H14F2N2O. The van der Waals surface area contributed by atoms with Crippen molar-refractivity contribution >= 4 is 17.3 Å². The Kier molecular flexibility index (Phi) is 3.05. The minimum absolute atomic E-state index is 0.0342. The average Bonchev–Trinajstić information content (AvgIpc) is 2.57. The van der Waals surface area contributed by atoms with E-state index in [9.17, 15) is 13.6 Å². The highest BCUT2D eigenvalue weighted by Gasteiger charge is 2.37. The van der Waals surface area contributed by atoms with E-state index < -0.39 is 11.6 Å². The van der Waals surface area contributed by atoms with Gasteiger partial charge < -0.3 is 0 Å². The number of benzene rings is 1. The van der Waals surface area contributed by atoms with Gasteiger partial charge >= 0.3 is 0 Å². The Morgan fingerprint density at radius 1 is 1.21 bits per heavy atom. The number of nitrogens with zero attached hydrogens (tertiary/aromatic N) is 2. The molecule has 1 aliphatic carbocycles. The second-order valence-electron chi connectivity index (χ2n) is 4.99. The summed E-state index contributed by atoms with van der Waals surface area (Å²) in [5, 5.41) is 5.35. The highest BCUT2D eigenvalue weighted by molar-refractivity contribution is 6.15. The Morgan fingerprint density at radius 3 is 2.84 bits per heavy atom. The van der Waals surface area contributed by atoms with Crippen LogP contribution in [0.15, 0.2) is 23.3 Å². The maximum Gasteiger partial charge on any atom is 0.256 e. The largest absolute Gasteiger partial charge is 0.272 e. The van der Waals surface area contributed by atoms with Gasteiger partial charge in [-0.15, -0.1) is 0 Å². The molecule has 1 saturated carbocycles. The van der Waals surface area contributed by atoms with Crippen molar-refractivity contribution in [1.82, 2.24) is 0 Å². The Balaban J connectivity index is 1.95. The van der Waals surface area contributed by atoms with Crippen molar-refractivity contribution in [3.05, 3.63) is 29.8 Å². The van der Waals surface area contributed by atoms with Crippen molar-refractivity contribution in [2.75, 3.05) is 5.01 Å². The highest BCUT2D eigenvalue weighted by Crippen LogP contribution is 2.32. The van der Waals surface area contributed by atoms with Gasteiger partial charge in [-0.1, -0.05) is 12.8 Å². The smallest absolute Gasteiger partial charge is 0.256 e. The zero-order valence-corrected chi connectivity index (χ0v) is 10.4. The number of fused-ring (bicyclic) bond motifs is 1. The molecule has 1 aromatic carbocycles. The SMILES string of the molecule is O=C1C2CCCCCC2=NN1c1ccc(F)cc1F. The Hall–Kier alpha value is -1.78. The third kappa shape index (κ3) is 2.13. The predicted molar refractivity (Wildman–Crippen MR) is 67.9 cm³/mol. The van der Waals surface area contributed by atoms with Crippen molar-refractivity contribution in [1.29, 1.82) is 0 Å². The summed E-state index contributed by atoms with van der Waals surface area (Å²) in [6.45, 7) is 0. The van der Waals surface area contributed by atoms with E-state index in [4.69, 9.17) is 0 Å². The molecule has 3 rings (SSSR count). The van der Waals surface area contributed by atoms with Gasteiger partial charge in [0.05, 0.1) is 11.6 Å². The Labute approximate surface area is 109 Å². The number of carbonyl (C=O) groups is 1. The van der Waals surface area contributed by atoms with E-state index in [1.54, 1.807) is 0 Å². The minimum atomic E-state index is -0.755. The molecule has 0 radical (unpaired) electrons. The molecule has 19 heavy (non-hydrogen) atoms. The lowest BCUT2D eigenvalue weighted by molar-refractivity contribution is -0.119. The number of hydrazone groups is 1. The van der Waals surface area contributed by atoms with Crippen LogP contribution in [-0.4, -0.2) is 11.6 Å².